The Balaban J connectivity index is 2.62. The van der Waals surface area contributed by atoms with Gasteiger partial charge in [0, 0.05) is 20.3 Å². The highest BCUT2D eigenvalue weighted by molar-refractivity contribution is 7.80. The van der Waals surface area contributed by atoms with Crippen molar-refractivity contribution in [2.75, 3.05) is 32.7 Å². The van der Waals surface area contributed by atoms with Gasteiger partial charge in [-0.25, -0.2) is 4.79 Å². The summed E-state index contributed by atoms with van der Waals surface area (Å²) in [7, 11) is 2.97. The Kier molecular flexibility index (Phi) is 7.28. The molecular formula is C13H17ClN2O3S. The molecule has 0 atom stereocenters. The van der Waals surface area contributed by atoms with E-state index in [1.807, 2.05) is 0 Å². The van der Waals surface area contributed by atoms with Crippen LogP contribution in [0.1, 0.15) is 16.8 Å². The van der Waals surface area contributed by atoms with Crippen molar-refractivity contribution in [3.8, 4) is 0 Å². The summed E-state index contributed by atoms with van der Waals surface area (Å²) in [6.45, 7) is 1.35. The second-order valence-corrected chi connectivity index (χ2v) is 4.73. The summed E-state index contributed by atoms with van der Waals surface area (Å²) in [6.07, 6.45) is 0.842. The number of hydrogen-bond acceptors (Lipinski definition) is 4. The van der Waals surface area contributed by atoms with Crippen LogP contribution in [0.3, 0.4) is 0 Å². The molecule has 0 unspecified atom stereocenters. The molecule has 0 spiro atoms. The van der Waals surface area contributed by atoms with Gasteiger partial charge in [0.1, 0.15) is 0 Å². The second-order valence-electron chi connectivity index (χ2n) is 3.91. The number of nitrogens with one attached hydrogen (secondary N) is 2. The normalized spacial score (nSPS) is 9.95. The molecule has 1 rings (SSSR count). The molecule has 0 radical (unpaired) electrons. The number of methoxy groups -OCH3 is 2. The molecule has 1 aromatic rings. The zero-order chi connectivity index (χ0) is 15.0. The molecule has 0 saturated heterocycles. The Hall–Kier alpha value is -1.37. The smallest absolute Gasteiger partial charge is 0.337 e. The Morgan fingerprint density at radius 2 is 2.15 bits per heavy atom. The lowest BCUT2D eigenvalue weighted by atomic mass is 10.2. The van der Waals surface area contributed by atoms with E-state index >= 15 is 0 Å². The first-order chi connectivity index (χ1) is 9.58. The van der Waals surface area contributed by atoms with Crippen LogP contribution in [0.2, 0.25) is 5.02 Å². The molecule has 0 amide bonds. The Bertz CT molecular complexity index is 483. The van der Waals surface area contributed by atoms with E-state index in [1.54, 1.807) is 25.3 Å². The van der Waals surface area contributed by atoms with Crippen LogP contribution in [0.15, 0.2) is 18.2 Å². The van der Waals surface area contributed by atoms with Crippen LogP contribution >= 0.6 is 23.8 Å². The van der Waals surface area contributed by atoms with Crippen LogP contribution in [-0.4, -0.2) is 38.5 Å². The molecule has 0 aliphatic heterocycles. The molecule has 0 aliphatic carbocycles. The van der Waals surface area contributed by atoms with Gasteiger partial charge >= 0.3 is 5.97 Å². The molecule has 0 fully saturated rings. The van der Waals surface area contributed by atoms with E-state index < -0.39 is 5.97 Å². The maximum atomic E-state index is 11.5. The van der Waals surface area contributed by atoms with Crippen LogP contribution < -0.4 is 10.6 Å². The summed E-state index contributed by atoms with van der Waals surface area (Å²) in [5, 5.41) is 6.87. The van der Waals surface area contributed by atoms with Crippen molar-refractivity contribution in [2.24, 2.45) is 0 Å². The zero-order valence-electron chi connectivity index (χ0n) is 11.4. The third-order valence-corrected chi connectivity index (χ3v) is 3.02. The van der Waals surface area contributed by atoms with E-state index in [2.05, 4.69) is 15.4 Å². The number of carbonyl (C=O) groups excluding carboxylic acids is 1. The Morgan fingerprint density at radius 1 is 1.40 bits per heavy atom. The van der Waals surface area contributed by atoms with Gasteiger partial charge < -0.3 is 20.1 Å². The highest BCUT2D eigenvalue weighted by atomic mass is 35.5. The van der Waals surface area contributed by atoms with Gasteiger partial charge in [0.2, 0.25) is 0 Å². The third kappa shape index (κ3) is 5.32. The summed E-state index contributed by atoms with van der Waals surface area (Å²) in [6, 6.07) is 4.80. The number of rotatable bonds is 6. The largest absolute Gasteiger partial charge is 0.465 e. The van der Waals surface area contributed by atoms with Crippen LogP contribution in [-0.2, 0) is 9.47 Å². The number of benzene rings is 1. The number of hydrogen-bond donors (Lipinski definition) is 2. The summed E-state index contributed by atoms with van der Waals surface area (Å²) in [5.74, 6) is -0.427. The number of thiocarbonyl (C=S) groups is 1. The molecular weight excluding hydrogens is 300 g/mol. The molecule has 7 heteroatoms. The van der Waals surface area contributed by atoms with Gasteiger partial charge in [-0.15, -0.1) is 0 Å². The fraction of sp³-hybridized carbons (Fsp3) is 0.385. The lowest BCUT2D eigenvalue weighted by Crippen LogP contribution is -2.30. The minimum Gasteiger partial charge on any atom is -0.465 e. The number of anilines is 1. The molecule has 20 heavy (non-hydrogen) atoms. The highest BCUT2D eigenvalue weighted by Crippen LogP contribution is 2.23. The average molecular weight is 317 g/mol. The van der Waals surface area contributed by atoms with Crippen molar-refractivity contribution in [1.29, 1.82) is 0 Å². The van der Waals surface area contributed by atoms with E-state index in [9.17, 15) is 4.79 Å². The van der Waals surface area contributed by atoms with Crippen molar-refractivity contribution < 1.29 is 14.3 Å². The summed E-state index contributed by atoms with van der Waals surface area (Å²) >= 11 is 11.2. The SMILES string of the molecule is COCCCNC(=S)Nc1cc(C(=O)OC)ccc1Cl. The monoisotopic (exact) mass is 316 g/mol. The number of halogens is 1. The minimum absolute atomic E-state index is 0.404. The van der Waals surface area contributed by atoms with E-state index in [0.29, 0.717) is 34.5 Å². The van der Waals surface area contributed by atoms with Crippen molar-refractivity contribution in [1.82, 2.24) is 5.32 Å². The quantitative estimate of drug-likeness (QED) is 0.477. The van der Waals surface area contributed by atoms with Crippen LogP contribution in [0, 0.1) is 0 Å². The van der Waals surface area contributed by atoms with E-state index in [1.165, 1.54) is 7.11 Å². The summed E-state index contributed by atoms with van der Waals surface area (Å²) in [5.41, 5.74) is 0.959. The predicted octanol–water partition coefficient (Wildman–Crippen LogP) is 2.45. The lowest BCUT2D eigenvalue weighted by Gasteiger charge is -2.12. The predicted molar refractivity (Wildman–Crippen MR) is 83.5 cm³/mol. The van der Waals surface area contributed by atoms with Crippen LogP contribution in [0.4, 0.5) is 5.69 Å². The van der Waals surface area contributed by atoms with Gasteiger partial charge in [0.05, 0.1) is 23.4 Å². The van der Waals surface area contributed by atoms with Gasteiger partial charge in [-0.1, -0.05) is 11.6 Å². The number of carbonyl (C=O) groups is 1. The van der Waals surface area contributed by atoms with Gasteiger partial charge in [0.25, 0.3) is 0 Å². The molecule has 0 aliphatic rings. The first-order valence-electron chi connectivity index (χ1n) is 6.00. The van der Waals surface area contributed by atoms with Gasteiger partial charge in [-0.3, -0.25) is 0 Å². The molecule has 110 valence electrons. The zero-order valence-corrected chi connectivity index (χ0v) is 12.9. The topological polar surface area (TPSA) is 59.6 Å². The van der Waals surface area contributed by atoms with Crippen LogP contribution in [0.5, 0.6) is 0 Å². The second kappa shape index (κ2) is 8.73. The average Bonchev–Trinajstić information content (AvgIpc) is 2.45. The molecule has 5 nitrogen and oxygen atoms in total. The fourth-order valence-electron chi connectivity index (χ4n) is 1.45. The molecule has 0 heterocycles. The van der Waals surface area contributed by atoms with Gasteiger partial charge in [-0.2, -0.15) is 0 Å². The Morgan fingerprint density at radius 3 is 2.80 bits per heavy atom. The minimum atomic E-state index is -0.427. The molecule has 0 aromatic heterocycles. The van der Waals surface area contributed by atoms with Crippen molar-refractivity contribution in [2.45, 2.75) is 6.42 Å². The van der Waals surface area contributed by atoms with E-state index in [0.717, 1.165) is 6.42 Å². The van der Waals surface area contributed by atoms with Gasteiger partial charge in [0.15, 0.2) is 5.11 Å². The van der Waals surface area contributed by atoms with E-state index in [4.69, 9.17) is 28.6 Å². The number of esters is 1. The summed E-state index contributed by atoms with van der Waals surface area (Å²) < 4.78 is 9.60. The maximum Gasteiger partial charge on any atom is 0.337 e. The molecule has 2 N–H and O–H groups in total. The third-order valence-electron chi connectivity index (χ3n) is 2.45. The maximum absolute atomic E-state index is 11.5. The fourth-order valence-corrected chi connectivity index (χ4v) is 1.83. The Labute approximate surface area is 128 Å². The van der Waals surface area contributed by atoms with Gasteiger partial charge in [-0.05, 0) is 36.8 Å². The lowest BCUT2D eigenvalue weighted by molar-refractivity contribution is 0.0601. The molecule has 0 saturated carbocycles. The molecule has 1 aromatic carbocycles. The first kappa shape index (κ1) is 16.7. The molecule has 0 bridgehead atoms. The van der Waals surface area contributed by atoms with E-state index in [-0.39, 0.29) is 0 Å². The highest BCUT2D eigenvalue weighted by Gasteiger charge is 2.09. The van der Waals surface area contributed by atoms with Crippen molar-refractivity contribution >= 4 is 40.6 Å². The first-order valence-corrected chi connectivity index (χ1v) is 6.78. The number of ether oxygens (including phenoxy) is 2. The summed E-state index contributed by atoms with van der Waals surface area (Å²) in [4.78, 5) is 11.5. The van der Waals surface area contributed by atoms with Crippen molar-refractivity contribution in [3.05, 3.63) is 28.8 Å². The standard InChI is InChI=1S/C13H17ClN2O3S/c1-18-7-3-6-15-13(20)16-11-8-9(12(17)19-2)4-5-10(11)14/h4-5,8H,3,6-7H2,1-2H3,(H2,15,16,20). The van der Waals surface area contributed by atoms with Crippen molar-refractivity contribution in [3.63, 3.8) is 0 Å². The van der Waals surface area contributed by atoms with Crippen LogP contribution in [0.25, 0.3) is 0 Å².